The summed E-state index contributed by atoms with van der Waals surface area (Å²) in [7, 11) is 1.78. The number of nitrogens with zero attached hydrogens (tertiary/aromatic N) is 4. The van der Waals surface area contributed by atoms with E-state index in [0.717, 1.165) is 35.0 Å². The van der Waals surface area contributed by atoms with Gasteiger partial charge in [0.05, 0.1) is 11.1 Å². The van der Waals surface area contributed by atoms with E-state index in [0.29, 0.717) is 22.7 Å². The Balaban J connectivity index is 1.42. The van der Waals surface area contributed by atoms with Gasteiger partial charge in [-0.15, -0.1) is 21.5 Å². The maximum absolute atomic E-state index is 12.8. The van der Waals surface area contributed by atoms with E-state index >= 15 is 0 Å². The summed E-state index contributed by atoms with van der Waals surface area (Å²) in [6, 6.07) is 9.67. The molecule has 8 heteroatoms. The second-order valence-corrected chi connectivity index (χ2v) is 8.48. The molecule has 0 amide bonds. The lowest BCUT2D eigenvalue weighted by molar-refractivity contribution is 0.528. The van der Waals surface area contributed by atoms with Gasteiger partial charge in [0.25, 0.3) is 5.56 Å². The monoisotopic (exact) mass is 396 g/mol. The number of aryl methyl sites for hydroxylation is 2. The SMILES string of the molecule is Cn1c(SCc2nnc(-c3ccccc3)o2)nc2sc3c(c2c1=O)CCC3. The van der Waals surface area contributed by atoms with Crippen LogP contribution in [0.15, 0.2) is 44.7 Å². The molecule has 6 nitrogen and oxygen atoms in total. The average Bonchev–Trinajstić information content (AvgIpc) is 3.40. The van der Waals surface area contributed by atoms with Gasteiger partial charge in [0, 0.05) is 17.5 Å². The number of rotatable bonds is 4. The summed E-state index contributed by atoms with van der Waals surface area (Å²) in [5.74, 6) is 1.48. The van der Waals surface area contributed by atoms with Crippen molar-refractivity contribution in [3.05, 3.63) is 57.0 Å². The molecular formula is C19H16N4O2S2. The van der Waals surface area contributed by atoms with Gasteiger partial charge in [-0.2, -0.15) is 0 Å². The molecule has 0 aliphatic heterocycles. The maximum atomic E-state index is 12.8. The lowest BCUT2D eigenvalue weighted by Gasteiger charge is -2.06. The molecule has 0 saturated heterocycles. The van der Waals surface area contributed by atoms with Crippen LogP contribution in [-0.2, 0) is 25.6 Å². The Morgan fingerprint density at radius 3 is 2.93 bits per heavy atom. The van der Waals surface area contributed by atoms with Gasteiger partial charge in [0.15, 0.2) is 5.16 Å². The van der Waals surface area contributed by atoms with E-state index in [1.165, 1.54) is 22.2 Å². The van der Waals surface area contributed by atoms with E-state index in [1.807, 2.05) is 30.3 Å². The smallest absolute Gasteiger partial charge is 0.262 e. The van der Waals surface area contributed by atoms with Gasteiger partial charge in [-0.1, -0.05) is 30.0 Å². The second kappa shape index (κ2) is 6.61. The average molecular weight is 396 g/mol. The largest absolute Gasteiger partial charge is 0.420 e. The quantitative estimate of drug-likeness (QED) is 0.386. The van der Waals surface area contributed by atoms with Crippen LogP contribution in [0.25, 0.3) is 21.7 Å². The lowest BCUT2D eigenvalue weighted by atomic mass is 10.2. The van der Waals surface area contributed by atoms with E-state index in [9.17, 15) is 4.79 Å². The summed E-state index contributed by atoms with van der Waals surface area (Å²) in [6.45, 7) is 0. The van der Waals surface area contributed by atoms with Crippen LogP contribution in [0.1, 0.15) is 22.8 Å². The van der Waals surface area contributed by atoms with Crippen LogP contribution < -0.4 is 5.56 Å². The third-order valence-corrected chi connectivity index (χ3v) is 6.92. The first-order valence-corrected chi connectivity index (χ1v) is 10.5. The van der Waals surface area contributed by atoms with E-state index in [1.54, 1.807) is 23.0 Å². The third kappa shape index (κ3) is 2.89. The van der Waals surface area contributed by atoms with Crippen molar-refractivity contribution < 1.29 is 4.42 Å². The molecule has 5 rings (SSSR count). The molecule has 1 aliphatic rings. The molecular weight excluding hydrogens is 380 g/mol. The summed E-state index contributed by atoms with van der Waals surface area (Å²) in [5, 5.41) is 9.70. The molecule has 0 spiro atoms. The zero-order valence-electron chi connectivity index (χ0n) is 14.6. The fourth-order valence-electron chi connectivity index (χ4n) is 3.37. The first kappa shape index (κ1) is 16.7. The minimum Gasteiger partial charge on any atom is -0.420 e. The van der Waals surface area contributed by atoms with Crippen LogP contribution in [-0.4, -0.2) is 19.7 Å². The Morgan fingerprint density at radius 2 is 2.07 bits per heavy atom. The van der Waals surface area contributed by atoms with E-state index in [2.05, 4.69) is 10.2 Å². The number of thioether (sulfide) groups is 1. The Bertz CT molecular complexity index is 1190. The Labute approximate surface area is 163 Å². The molecule has 3 heterocycles. The Kier molecular flexibility index (Phi) is 4.09. The van der Waals surface area contributed by atoms with Gasteiger partial charge >= 0.3 is 0 Å². The van der Waals surface area contributed by atoms with Crippen molar-refractivity contribution in [1.82, 2.24) is 19.7 Å². The van der Waals surface area contributed by atoms with Gasteiger partial charge in [0.1, 0.15) is 4.83 Å². The molecule has 0 N–H and O–H groups in total. The first-order valence-electron chi connectivity index (χ1n) is 8.72. The highest BCUT2D eigenvalue weighted by Gasteiger charge is 2.22. The standard InChI is InChI=1S/C19H16N4O2S2/c1-23-18(24)15-12-8-5-9-13(12)27-17(15)20-19(23)26-10-14-21-22-16(25-14)11-6-3-2-4-7-11/h2-4,6-7H,5,8-10H2,1H3. The predicted molar refractivity (Wildman–Crippen MR) is 106 cm³/mol. The molecule has 0 radical (unpaired) electrons. The van der Waals surface area contributed by atoms with Crippen LogP contribution >= 0.6 is 23.1 Å². The van der Waals surface area contributed by atoms with E-state index in [4.69, 9.17) is 9.40 Å². The number of aromatic nitrogens is 4. The van der Waals surface area contributed by atoms with Gasteiger partial charge in [-0.05, 0) is 37.0 Å². The van der Waals surface area contributed by atoms with Crippen molar-refractivity contribution >= 4 is 33.3 Å². The van der Waals surface area contributed by atoms with Crippen LogP contribution in [0.3, 0.4) is 0 Å². The molecule has 1 aromatic carbocycles. The molecule has 3 aromatic heterocycles. The van der Waals surface area contributed by atoms with E-state index < -0.39 is 0 Å². The summed E-state index contributed by atoms with van der Waals surface area (Å²) < 4.78 is 7.37. The van der Waals surface area contributed by atoms with Crippen molar-refractivity contribution in [2.75, 3.05) is 0 Å². The van der Waals surface area contributed by atoms with E-state index in [-0.39, 0.29) is 5.56 Å². The summed E-state index contributed by atoms with van der Waals surface area (Å²) in [6.07, 6.45) is 3.19. The number of hydrogen-bond acceptors (Lipinski definition) is 7. The van der Waals surface area contributed by atoms with Crippen LogP contribution in [0, 0.1) is 0 Å². The van der Waals surface area contributed by atoms with Crippen LogP contribution in [0.4, 0.5) is 0 Å². The highest BCUT2D eigenvalue weighted by molar-refractivity contribution is 7.98. The summed E-state index contributed by atoms with van der Waals surface area (Å²) in [5.41, 5.74) is 2.14. The molecule has 4 aromatic rings. The Morgan fingerprint density at radius 1 is 1.22 bits per heavy atom. The third-order valence-electron chi connectivity index (χ3n) is 4.72. The van der Waals surface area contributed by atoms with Gasteiger partial charge in [-0.3, -0.25) is 9.36 Å². The van der Waals surface area contributed by atoms with Crippen molar-refractivity contribution in [1.29, 1.82) is 0 Å². The fourth-order valence-corrected chi connectivity index (χ4v) is 5.48. The van der Waals surface area contributed by atoms with Gasteiger partial charge in [0.2, 0.25) is 11.8 Å². The first-order chi connectivity index (χ1) is 13.2. The van der Waals surface area contributed by atoms with Crippen molar-refractivity contribution in [3.8, 4) is 11.5 Å². The predicted octanol–water partition coefficient (Wildman–Crippen LogP) is 3.83. The minimum atomic E-state index is 0.0393. The summed E-state index contributed by atoms with van der Waals surface area (Å²) >= 11 is 3.10. The van der Waals surface area contributed by atoms with Crippen LogP contribution in [0.2, 0.25) is 0 Å². The highest BCUT2D eigenvalue weighted by Crippen LogP contribution is 2.35. The van der Waals surface area contributed by atoms with Gasteiger partial charge < -0.3 is 4.42 Å². The minimum absolute atomic E-state index is 0.0393. The lowest BCUT2D eigenvalue weighted by Crippen LogP contribution is -2.20. The number of fused-ring (bicyclic) bond motifs is 3. The number of hydrogen-bond donors (Lipinski definition) is 0. The van der Waals surface area contributed by atoms with Crippen LogP contribution in [0.5, 0.6) is 0 Å². The molecule has 27 heavy (non-hydrogen) atoms. The Hall–Kier alpha value is -2.45. The van der Waals surface area contributed by atoms with Crippen molar-refractivity contribution in [2.45, 2.75) is 30.2 Å². The second-order valence-electron chi connectivity index (χ2n) is 6.45. The fraction of sp³-hybridized carbons (Fsp3) is 0.263. The molecule has 136 valence electrons. The topological polar surface area (TPSA) is 73.8 Å². The molecule has 0 fully saturated rings. The number of benzene rings is 1. The van der Waals surface area contributed by atoms with Gasteiger partial charge in [-0.25, -0.2) is 4.98 Å². The molecule has 0 saturated carbocycles. The van der Waals surface area contributed by atoms with Crippen molar-refractivity contribution in [3.63, 3.8) is 0 Å². The summed E-state index contributed by atoms with van der Waals surface area (Å²) in [4.78, 5) is 19.7. The van der Waals surface area contributed by atoms with Crippen molar-refractivity contribution in [2.24, 2.45) is 7.05 Å². The number of thiophene rings is 1. The molecule has 1 aliphatic carbocycles. The normalized spacial score (nSPS) is 13.4. The molecule has 0 atom stereocenters. The zero-order chi connectivity index (χ0) is 18.4. The highest BCUT2D eigenvalue weighted by atomic mass is 32.2. The maximum Gasteiger partial charge on any atom is 0.262 e. The molecule has 0 bridgehead atoms. The molecule has 0 unspecified atom stereocenters. The zero-order valence-corrected chi connectivity index (χ0v) is 16.3.